The molecule has 1 aliphatic rings. The van der Waals surface area contributed by atoms with Gasteiger partial charge in [0.15, 0.2) is 0 Å². The van der Waals surface area contributed by atoms with Crippen LogP contribution in [-0.2, 0) is 4.74 Å². The molecule has 1 unspecified atom stereocenters. The first-order valence-corrected chi connectivity index (χ1v) is 7.38. The first-order valence-electron chi connectivity index (χ1n) is 7.38. The summed E-state index contributed by atoms with van der Waals surface area (Å²) in [4.78, 5) is 5.16. The van der Waals surface area contributed by atoms with Crippen LogP contribution in [0.2, 0.25) is 0 Å². The van der Waals surface area contributed by atoms with Gasteiger partial charge in [-0.2, -0.15) is 0 Å². The number of hydrogen-bond acceptors (Lipinski definition) is 3. The second-order valence-electron chi connectivity index (χ2n) is 6.95. The standard InChI is InChI=1S/C15H32N2O/c1-13(2)18-12-14(3)11-16-7-9-17(10-8-16)15(4,5)6/h13-14H,7-12H2,1-6H3. The predicted molar refractivity (Wildman–Crippen MR) is 78.0 cm³/mol. The van der Waals surface area contributed by atoms with Crippen LogP contribution in [-0.4, -0.2) is 60.8 Å². The zero-order chi connectivity index (χ0) is 13.8. The van der Waals surface area contributed by atoms with E-state index in [2.05, 4.69) is 51.3 Å². The molecule has 18 heavy (non-hydrogen) atoms. The monoisotopic (exact) mass is 256 g/mol. The Morgan fingerprint density at radius 1 is 1.00 bits per heavy atom. The van der Waals surface area contributed by atoms with E-state index in [9.17, 15) is 0 Å². The maximum absolute atomic E-state index is 5.68. The fourth-order valence-corrected chi connectivity index (χ4v) is 2.45. The van der Waals surface area contributed by atoms with Gasteiger partial charge in [-0.05, 0) is 40.5 Å². The summed E-state index contributed by atoms with van der Waals surface area (Å²) < 4.78 is 5.68. The highest BCUT2D eigenvalue weighted by molar-refractivity contribution is 4.82. The number of nitrogens with zero attached hydrogens (tertiary/aromatic N) is 2. The van der Waals surface area contributed by atoms with Gasteiger partial charge in [-0.25, -0.2) is 0 Å². The van der Waals surface area contributed by atoms with Gasteiger partial charge in [0.25, 0.3) is 0 Å². The lowest BCUT2D eigenvalue weighted by molar-refractivity contribution is 0.0249. The van der Waals surface area contributed by atoms with Crippen molar-refractivity contribution in [1.29, 1.82) is 0 Å². The molecule has 1 fully saturated rings. The Hall–Kier alpha value is -0.120. The van der Waals surface area contributed by atoms with Gasteiger partial charge in [0.2, 0.25) is 0 Å². The van der Waals surface area contributed by atoms with Gasteiger partial charge in [-0.1, -0.05) is 6.92 Å². The minimum atomic E-state index is 0.318. The molecule has 0 bridgehead atoms. The van der Waals surface area contributed by atoms with Crippen LogP contribution in [0.15, 0.2) is 0 Å². The van der Waals surface area contributed by atoms with Gasteiger partial charge < -0.3 is 9.64 Å². The number of rotatable bonds is 5. The molecule has 0 radical (unpaired) electrons. The highest BCUT2D eigenvalue weighted by Gasteiger charge is 2.26. The average Bonchev–Trinajstić information content (AvgIpc) is 2.26. The Bertz CT molecular complexity index is 227. The van der Waals surface area contributed by atoms with E-state index in [-0.39, 0.29) is 0 Å². The van der Waals surface area contributed by atoms with E-state index < -0.39 is 0 Å². The van der Waals surface area contributed by atoms with Crippen molar-refractivity contribution in [2.45, 2.75) is 53.2 Å². The fraction of sp³-hybridized carbons (Fsp3) is 1.00. The SMILES string of the molecule is CC(COC(C)C)CN1CCN(C(C)(C)C)CC1. The molecule has 0 aliphatic carbocycles. The lowest BCUT2D eigenvalue weighted by Gasteiger charge is -2.42. The normalized spacial score (nSPS) is 21.5. The van der Waals surface area contributed by atoms with Crippen molar-refractivity contribution >= 4 is 0 Å². The van der Waals surface area contributed by atoms with E-state index >= 15 is 0 Å². The Morgan fingerprint density at radius 3 is 2.00 bits per heavy atom. The average molecular weight is 256 g/mol. The molecule has 3 nitrogen and oxygen atoms in total. The predicted octanol–water partition coefficient (Wildman–Crippen LogP) is 2.46. The Labute approximate surface area is 113 Å². The summed E-state index contributed by atoms with van der Waals surface area (Å²) in [7, 11) is 0. The molecule has 1 rings (SSSR count). The Morgan fingerprint density at radius 2 is 1.56 bits per heavy atom. The van der Waals surface area contributed by atoms with E-state index in [4.69, 9.17) is 4.74 Å². The van der Waals surface area contributed by atoms with Crippen LogP contribution in [0.3, 0.4) is 0 Å². The molecule has 0 aromatic rings. The first kappa shape index (κ1) is 15.9. The largest absolute Gasteiger partial charge is 0.378 e. The maximum Gasteiger partial charge on any atom is 0.0519 e. The van der Waals surface area contributed by atoms with Crippen LogP contribution in [0.1, 0.15) is 41.5 Å². The molecule has 0 aromatic heterocycles. The summed E-state index contributed by atoms with van der Waals surface area (Å²) in [6.45, 7) is 20.3. The number of piperazine rings is 1. The van der Waals surface area contributed by atoms with Gasteiger partial charge >= 0.3 is 0 Å². The molecular formula is C15H32N2O. The summed E-state index contributed by atoms with van der Waals surface area (Å²) in [5.41, 5.74) is 0.318. The molecule has 1 atom stereocenters. The summed E-state index contributed by atoms with van der Waals surface area (Å²) in [6, 6.07) is 0. The van der Waals surface area contributed by atoms with Crippen molar-refractivity contribution in [2.24, 2.45) is 5.92 Å². The molecule has 108 valence electrons. The molecule has 0 N–H and O–H groups in total. The minimum absolute atomic E-state index is 0.318. The van der Waals surface area contributed by atoms with Crippen molar-refractivity contribution in [3.05, 3.63) is 0 Å². The molecular weight excluding hydrogens is 224 g/mol. The molecule has 3 heteroatoms. The Kier molecular flexibility index (Phi) is 6.09. The lowest BCUT2D eigenvalue weighted by atomic mass is 10.0. The maximum atomic E-state index is 5.68. The molecule has 1 heterocycles. The molecule has 1 aliphatic heterocycles. The van der Waals surface area contributed by atoms with Crippen molar-refractivity contribution in [1.82, 2.24) is 9.80 Å². The van der Waals surface area contributed by atoms with Crippen LogP contribution in [0.4, 0.5) is 0 Å². The summed E-state index contributed by atoms with van der Waals surface area (Å²) in [5, 5.41) is 0. The molecule has 0 aromatic carbocycles. The van der Waals surface area contributed by atoms with Crippen molar-refractivity contribution in [2.75, 3.05) is 39.3 Å². The van der Waals surface area contributed by atoms with Crippen LogP contribution < -0.4 is 0 Å². The van der Waals surface area contributed by atoms with Gasteiger partial charge in [-0.15, -0.1) is 0 Å². The second kappa shape index (κ2) is 6.88. The fourth-order valence-electron chi connectivity index (χ4n) is 2.45. The third-order valence-corrected chi connectivity index (χ3v) is 3.60. The summed E-state index contributed by atoms with van der Waals surface area (Å²) >= 11 is 0. The van der Waals surface area contributed by atoms with E-state index in [0.717, 1.165) is 6.61 Å². The van der Waals surface area contributed by atoms with Gasteiger partial charge in [0.1, 0.15) is 0 Å². The quantitative estimate of drug-likeness (QED) is 0.751. The lowest BCUT2D eigenvalue weighted by Crippen LogP contribution is -2.54. The first-order chi connectivity index (χ1) is 8.29. The second-order valence-corrected chi connectivity index (χ2v) is 6.95. The zero-order valence-corrected chi connectivity index (χ0v) is 13.2. The van der Waals surface area contributed by atoms with Crippen molar-refractivity contribution < 1.29 is 4.74 Å². The zero-order valence-electron chi connectivity index (χ0n) is 13.2. The van der Waals surface area contributed by atoms with Crippen LogP contribution >= 0.6 is 0 Å². The highest BCUT2D eigenvalue weighted by atomic mass is 16.5. The van der Waals surface area contributed by atoms with Crippen LogP contribution in [0, 0.1) is 5.92 Å². The van der Waals surface area contributed by atoms with Gasteiger partial charge in [0.05, 0.1) is 12.7 Å². The van der Waals surface area contributed by atoms with Crippen LogP contribution in [0.5, 0.6) is 0 Å². The van der Waals surface area contributed by atoms with Crippen LogP contribution in [0.25, 0.3) is 0 Å². The Balaban J connectivity index is 2.23. The van der Waals surface area contributed by atoms with E-state index in [1.165, 1.54) is 32.7 Å². The molecule has 0 amide bonds. The topological polar surface area (TPSA) is 15.7 Å². The molecule has 1 saturated heterocycles. The van der Waals surface area contributed by atoms with Crippen molar-refractivity contribution in [3.63, 3.8) is 0 Å². The number of hydrogen-bond donors (Lipinski definition) is 0. The summed E-state index contributed by atoms with van der Waals surface area (Å²) in [5.74, 6) is 0.633. The molecule has 0 saturated carbocycles. The minimum Gasteiger partial charge on any atom is -0.378 e. The summed E-state index contributed by atoms with van der Waals surface area (Å²) in [6.07, 6.45) is 0.352. The third kappa shape index (κ3) is 5.68. The van der Waals surface area contributed by atoms with Crippen molar-refractivity contribution in [3.8, 4) is 0 Å². The third-order valence-electron chi connectivity index (χ3n) is 3.60. The number of ether oxygens (including phenoxy) is 1. The van der Waals surface area contributed by atoms with Gasteiger partial charge in [0, 0.05) is 38.3 Å². The van der Waals surface area contributed by atoms with E-state index in [1.807, 2.05) is 0 Å². The van der Waals surface area contributed by atoms with E-state index in [0.29, 0.717) is 17.6 Å². The van der Waals surface area contributed by atoms with Gasteiger partial charge in [-0.3, -0.25) is 4.90 Å². The molecule has 0 spiro atoms. The highest BCUT2D eigenvalue weighted by Crippen LogP contribution is 2.16. The van der Waals surface area contributed by atoms with E-state index in [1.54, 1.807) is 0 Å². The smallest absolute Gasteiger partial charge is 0.0519 e.